The number of amides is 1. The first-order valence-corrected chi connectivity index (χ1v) is 6.81. The maximum atomic E-state index is 12.6. The fourth-order valence-electron chi connectivity index (χ4n) is 2.56. The van der Waals surface area contributed by atoms with Crippen LogP contribution in [0.1, 0.15) is 35.4 Å². The van der Waals surface area contributed by atoms with Gasteiger partial charge < -0.3 is 9.88 Å². The van der Waals surface area contributed by atoms with E-state index in [4.69, 9.17) is 0 Å². The fourth-order valence-corrected chi connectivity index (χ4v) is 2.56. The van der Waals surface area contributed by atoms with Crippen molar-refractivity contribution in [3.8, 4) is 0 Å². The van der Waals surface area contributed by atoms with E-state index in [0.29, 0.717) is 18.7 Å². The van der Waals surface area contributed by atoms with Crippen LogP contribution in [-0.2, 0) is 6.18 Å². The van der Waals surface area contributed by atoms with Gasteiger partial charge >= 0.3 is 6.18 Å². The van der Waals surface area contributed by atoms with E-state index in [0.717, 1.165) is 19.3 Å². The molecular formula is C14H14F3N3O. The molecule has 0 radical (unpaired) electrons. The number of fused-ring (bicyclic) bond motifs is 1. The summed E-state index contributed by atoms with van der Waals surface area (Å²) in [6, 6.07) is 4.41. The molecule has 2 heterocycles. The molecule has 21 heavy (non-hydrogen) atoms. The van der Waals surface area contributed by atoms with Gasteiger partial charge in [-0.25, -0.2) is 4.98 Å². The first-order valence-electron chi connectivity index (χ1n) is 6.81. The molecule has 1 aliphatic rings. The van der Waals surface area contributed by atoms with Crippen molar-refractivity contribution in [2.45, 2.75) is 25.4 Å². The summed E-state index contributed by atoms with van der Waals surface area (Å²) in [5.41, 5.74) is 0.824. The first-order chi connectivity index (χ1) is 9.95. The smallest absolute Gasteiger partial charge is 0.339 e. The second-order valence-corrected chi connectivity index (χ2v) is 5.17. The van der Waals surface area contributed by atoms with Crippen LogP contribution >= 0.6 is 0 Å². The van der Waals surface area contributed by atoms with E-state index in [-0.39, 0.29) is 16.9 Å². The zero-order valence-electron chi connectivity index (χ0n) is 11.2. The third kappa shape index (κ3) is 2.72. The summed E-state index contributed by atoms with van der Waals surface area (Å²) in [5.74, 6) is -1.18. The highest BCUT2D eigenvalue weighted by atomic mass is 19.4. The molecule has 1 aromatic carbocycles. The number of H-pyrrole nitrogens is 1. The summed E-state index contributed by atoms with van der Waals surface area (Å²) < 4.78 is 37.8. The molecule has 1 fully saturated rings. The highest BCUT2D eigenvalue weighted by Crippen LogP contribution is 2.29. The van der Waals surface area contributed by atoms with Crippen LogP contribution in [0.15, 0.2) is 18.2 Å². The van der Waals surface area contributed by atoms with Crippen molar-refractivity contribution < 1.29 is 18.0 Å². The Labute approximate surface area is 119 Å². The van der Waals surface area contributed by atoms with Gasteiger partial charge in [-0.15, -0.1) is 0 Å². The number of rotatable bonds is 1. The number of imidazole rings is 1. The SMILES string of the molecule is O=C(c1ccc2nc(C(F)(F)F)[nH]c2c1)N1CCCCC1. The van der Waals surface area contributed by atoms with Crippen LogP contribution in [0, 0.1) is 0 Å². The molecule has 1 aromatic heterocycles. The molecular weight excluding hydrogens is 283 g/mol. The minimum absolute atomic E-state index is 0.139. The number of hydrogen-bond donors (Lipinski definition) is 1. The number of alkyl halides is 3. The number of benzene rings is 1. The lowest BCUT2D eigenvalue weighted by molar-refractivity contribution is -0.144. The number of carbonyl (C=O) groups is 1. The summed E-state index contributed by atoms with van der Waals surface area (Å²) in [7, 11) is 0. The normalized spacial score (nSPS) is 16.4. The number of aromatic nitrogens is 2. The molecule has 1 saturated heterocycles. The number of halogens is 3. The standard InChI is InChI=1S/C14H14F3N3O/c15-14(16,17)13-18-10-5-4-9(8-11(10)19-13)12(21)20-6-2-1-3-7-20/h4-5,8H,1-3,6-7H2,(H,18,19). The second-order valence-electron chi connectivity index (χ2n) is 5.17. The Hall–Kier alpha value is -2.05. The van der Waals surface area contributed by atoms with Gasteiger partial charge in [0.2, 0.25) is 5.82 Å². The van der Waals surface area contributed by atoms with E-state index in [1.165, 1.54) is 18.2 Å². The van der Waals surface area contributed by atoms with E-state index >= 15 is 0 Å². The number of nitrogens with zero attached hydrogens (tertiary/aromatic N) is 2. The van der Waals surface area contributed by atoms with Crippen LogP contribution in [0.4, 0.5) is 13.2 Å². The van der Waals surface area contributed by atoms with E-state index < -0.39 is 12.0 Å². The largest absolute Gasteiger partial charge is 0.449 e. The first kappa shape index (κ1) is 13.9. The van der Waals surface area contributed by atoms with Gasteiger partial charge in [0.1, 0.15) is 0 Å². The Morgan fingerprint density at radius 1 is 1.19 bits per heavy atom. The van der Waals surface area contributed by atoms with Gasteiger partial charge in [-0.05, 0) is 37.5 Å². The van der Waals surface area contributed by atoms with Crippen LogP contribution in [0.3, 0.4) is 0 Å². The Morgan fingerprint density at radius 2 is 1.90 bits per heavy atom. The molecule has 3 rings (SSSR count). The lowest BCUT2D eigenvalue weighted by atomic mass is 10.1. The van der Waals surface area contributed by atoms with Gasteiger partial charge in [-0.2, -0.15) is 13.2 Å². The average Bonchev–Trinajstić information content (AvgIpc) is 2.90. The molecule has 1 aliphatic heterocycles. The Bertz CT molecular complexity index is 672. The second kappa shape index (κ2) is 5.05. The molecule has 0 bridgehead atoms. The molecule has 0 atom stereocenters. The van der Waals surface area contributed by atoms with E-state index in [1.54, 1.807) is 4.90 Å². The van der Waals surface area contributed by atoms with Crippen molar-refractivity contribution in [2.75, 3.05) is 13.1 Å². The van der Waals surface area contributed by atoms with Gasteiger partial charge in [0.05, 0.1) is 11.0 Å². The summed E-state index contributed by atoms with van der Waals surface area (Å²) in [4.78, 5) is 19.8. The third-order valence-electron chi connectivity index (χ3n) is 3.64. The zero-order valence-corrected chi connectivity index (χ0v) is 11.2. The van der Waals surface area contributed by atoms with Crippen molar-refractivity contribution in [3.05, 3.63) is 29.6 Å². The molecule has 112 valence electrons. The average molecular weight is 297 g/mol. The van der Waals surface area contributed by atoms with Crippen molar-refractivity contribution >= 4 is 16.9 Å². The van der Waals surface area contributed by atoms with Crippen molar-refractivity contribution in [2.24, 2.45) is 0 Å². The predicted molar refractivity (Wildman–Crippen MR) is 70.9 cm³/mol. The van der Waals surface area contributed by atoms with E-state index in [2.05, 4.69) is 9.97 Å². The number of piperidine rings is 1. The quantitative estimate of drug-likeness (QED) is 0.878. The molecule has 0 spiro atoms. The van der Waals surface area contributed by atoms with Gasteiger partial charge in [0.15, 0.2) is 0 Å². The monoisotopic (exact) mass is 297 g/mol. The lowest BCUT2D eigenvalue weighted by Crippen LogP contribution is -2.35. The van der Waals surface area contributed by atoms with Crippen LogP contribution in [0.25, 0.3) is 11.0 Å². The Balaban J connectivity index is 1.91. The van der Waals surface area contributed by atoms with Crippen molar-refractivity contribution in [1.29, 1.82) is 0 Å². The maximum Gasteiger partial charge on any atom is 0.449 e. The summed E-state index contributed by atoms with van der Waals surface area (Å²) in [5, 5.41) is 0. The van der Waals surface area contributed by atoms with Gasteiger partial charge in [0.25, 0.3) is 5.91 Å². The van der Waals surface area contributed by atoms with Crippen LogP contribution < -0.4 is 0 Å². The number of hydrogen-bond acceptors (Lipinski definition) is 2. The molecule has 0 aliphatic carbocycles. The lowest BCUT2D eigenvalue weighted by Gasteiger charge is -2.26. The van der Waals surface area contributed by atoms with Gasteiger partial charge in [-0.1, -0.05) is 0 Å². The minimum Gasteiger partial charge on any atom is -0.339 e. The number of likely N-dealkylation sites (tertiary alicyclic amines) is 1. The number of nitrogens with one attached hydrogen (secondary N) is 1. The third-order valence-corrected chi connectivity index (χ3v) is 3.64. The maximum absolute atomic E-state index is 12.6. The molecule has 7 heteroatoms. The van der Waals surface area contributed by atoms with Crippen LogP contribution in [0.5, 0.6) is 0 Å². The molecule has 0 unspecified atom stereocenters. The molecule has 2 aromatic rings. The Morgan fingerprint density at radius 3 is 2.57 bits per heavy atom. The summed E-state index contributed by atoms with van der Waals surface area (Å²) in [6.45, 7) is 1.40. The van der Waals surface area contributed by atoms with Crippen LogP contribution in [-0.4, -0.2) is 33.9 Å². The highest BCUT2D eigenvalue weighted by molar-refractivity contribution is 5.97. The predicted octanol–water partition coefficient (Wildman–Crippen LogP) is 3.21. The highest BCUT2D eigenvalue weighted by Gasteiger charge is 2.34. The zero-order chi connectivity index (χ0) is 15.0. The minimum atomic E-state index is -4.52. The van der Waals surface area contributed by atoms with Crippen LogP contribution in [0.2, 0.25) is 0 Å². The van der Waals surface area contributed by atoms with E-state index in [1.807, 2.05) is 0 Å². The van der Waals surface area contributed by atoms with Crippen molar-refractivity contribution in [3.63, 3.8) is 0 Å². The molecule has 4 nitrogen and oxygen atoms in total. The fraction of sp³-hybridized carbons (Fsp3) is 0.429. The van der Waals surface area contributed by atoms with Gasteiger partial charge in [0, 0.05) is 18.7 Å². The number of carbonyl (C=O) groups excluding carboxylic acids is 1. The number of aromatic amines is 1. The van der Waals surface area contributed by atoms with E-state index in [9.17, 15) is 18.0 Å². The van der Waals surface area contributed by atoms with Crippen molar-refractivity contribution in [1.82, 2.24) is 14.9 Å². The Kier molecular flexibility index (Phi) is 3.35. The topological polar surface area (TPSA) is 49.0 Å². The molecule has 1 amide bonds. The molecule has 1 N–H and O–H groups in total. The van der Waals surface area contributed by atoms with Gasteiger partial charge in [-0.3, -0.25) is 4.79 Å². The summed E-state index contributed by atoms with van der Waals surface area (Å²) >= 11 is 0. The molecule has 0 saturated carbocycles. The summed E-state index contributed by atoms with van der Waals surface area (Å²) in [6.07, 6.45) is -1.47.